The van der Waals surface area contributed by atoms with E-state index in [1.807, 2.05) is 0 Å². The number of carbonyl (C=O) groups excluding carboxylic acids is 3. The van der Waals surface area contributed by atoms with Gasteiger partial charge in [0, 0.05) is 44.3 Å². The monoisotopic (exact) mass is 529 g/mol. The first-order chi connectivity index (χ1) is 18.1. The fraction of sp³-hybridized carbons (Fsp3) is 0.273. The number of carbonyl (C=O) groups is 3. The number of non-ortho nitro benzene ring substituents is 2. The normalized spacial score (nSPS) is 12.3. The number of hydrazone groups is 1. The highest BCUT2D eigenvalue weighted by molar-refractivity contribution is 6.01. The van der Waals surface area contributed by atoms with E-state index in [4.69, 9.17) is 9.47 Å². The predicted octanol–water partition coefficient (Wildman–Crippen LogP) is 1.75. The summed E-state index contributed by atoms with van der Waals surface area (Å²) in [6.07, 6.45) is -2.07. The molecular formula is C22H23N7O9. The van der Waals surface area contributed by atoms with Crippen molar-refractivity contribution < 1.29 is 33.7 Å². The molecule has 16 heteroatoms. The van der Waals surface area contributed by atoms with E-state index in [1.165, 1.54) is 55.5 Å². The molecule has 1 heterocycles. The van der Waals surface area contributed by atoms with Gasteiger partial charge in [0.05, 0.1) is 15.9 Å². The lowest BCUT2D eigenvalue weighted by Crippen LogP contribution is -2.58. The van der Waals surface area contributed by atoms with Gasteiger partial charge in [0.25, 0.3) is 11.4 Å². The zero-order chi connectivity index (χ0) is 27.7. The topological polar surface area (TPSA) is 208 Å². The Morgan fingerprint density at radius 2 is 1.32 bits per heavy atom. The van der Waals surface area contributed by atoms with Gasteiger partial charge in [-0.25, -0.2) is 14.6 Å². The van der Waals surface area contributed by atoms with Gasteiger partial charge in [-0.3, -0.25) is 35.7 Å². The lowest BCUT2D eigenvalue weighted by molar-refractivity contribution is -0.385. The molecular weight excluding hydrogens is 506 g/mol. The Bertz CT molecular complexity index is 1150. The van der Waals surface area contributed by atoms with Gasteiger partial charge in [0.1, 0.15) is 13.2 Å². The Kier molecular flexibility index (Phi) is 9.20. The summed E-state index contributed by atoms with van der Waals surface area (Å²) in [7, 11) is 0. The minimum atomic E-state index is -1.03. The van der Waals surface area contributed by atoms with Gasteiger partial charge < -0.3 is 14.8 Å². The number of nitro benzene ring substituents is 2. The van der Waals surface area contributed by atoms with Crippen LogP contribution >= 0.6 is 0 Å². The molecule has 3 N–H and O–H groups in total. The lowest BCUT2D eigenvalue weighted by atomic mass is 10.2. The molecule has 2 aromatic carbocycles. The molecule has 1 saturated heterocycles. The van der Waals surface area contributed by atoms with E-state index in [1.54, 1.807) is 0 Å². The number of alkyl carbamates (subject to hydrolysis) is 2. The second-order valence-corrected chi connectivity index (χ2v) is 7.87. The third kappa shape index (κ3) is 7.95. The van der Waals surface area contributed by atoms with Gasteiger partial charge in [-0.2, -0.15) is 0 Å². The van der Waals surface area contributed by atoms with Crippen molar-refractivity contribution in [2.24, 2.45) is 5.10 Å². The number of ether oxygens (including phenoxy) is 2. The summed E-state index contributed by atoms with van der Waals surface area (Å²) in [5.41, 5.74) is 0.675. The molecule has 1 aliphatic heterocycles. The minimum Gasteiger partial charge on any atom is -0.444 e. The first-order valence-electron chi connectivity index (χ1n) is 11.1. The molecule has 2 aromatic rings. The second-order valence-electron chi connectivity index (χ2n) is 7.87. The Labute approximate surface area is 214 Å². The largest absolute Gasteiger partial charge is 0.444 e. The Morgan fingerprint density at radius 1 is 0.895 bits per heavy atom. The average molecular weight is 529 g/mol. The molecule has 3 rings (SSSR count). The second kappa shape index (κ2) is 12.7. The molecule has 0 saturated carbocycles. The number of nitro groups is 2. The fourth-order valence-corrected chi connectivity index (χ4v) is 3.04. The highest BCUT2D eigenvalue weighted by Crippen LogP contribution is 2.14. The van der Waals surface area contributed by atoms with Gasteiger partial charge in [-0.05, 0) is 35.4 Å². The molecule has 0 aromatic heterocycles. The third-order valence-electron chi connectivity index (χ3n) is 5.11. The van der Waals surface area contributed by atoms with Crippen molar-refractivity contribution >= 4 is 35.4 Å². The molecule has 200 valence electrons. The summed E-state index contributed by atoms with van der Waals surface area (Å²) in [6, 6.07) is 10.4. The van der Waals surface area contributed by atoms with Gasteiger partial charge in [0.2, 0.25) is 11.9 Å². The van der Waals surface area contributed by atoms with E-state index in [0.29, 0.717) is 24.2 Å². The zero-order valence-corrected chi connectivity index (χ0v) is 20.0. The Morgan fingerprint density at radius 3 is 1.63 bits per heavy atom. The summed E-state index contributed by atoms with van der Waals surface area (Å²) in [4.78, 5) is 57.2. The predicted molar refractivity (Wildman–Crippen MR) is 129 cm³/mol. The van der Waals surface area contributed by atoms with E-state index < -0.39 is 33.9 Å². The van der Waals surface area contributed by atoms with Gasteiger partial charge in [-0.1, -0.05) is 0 Å². The number of hydrogen-bond donors (Lipinski definition) is 3. The molecule has 1 aliphatic rings. The van der Waals surface area contributed by atoms with Crippen molar-refractivity contribution in [1.29, 1.82) is 0 Å². The van der Waals surface area contributed by atoms with Crippen LogP contribution in [0.25, 0.3) is 0 Å². The van der Waals surface area contributed by atoms with Crippen LogP contribution in [0.1, 0.15) is 18.1 Å². The van der Waals surface area contributed by atoms with E-state index in [9.17, 15) is 34.6 Å². The Balaban J connectivity index is 1.63. The molecule has 0 unspecified atom stereocenters. The molecule has 38 heavy (non-hydrogen) atoms. The molecule has 0 spiro atoms. The summed E-state index contributed by atoms with van der Waals surface area (Å²) >= 11 is 0. The van der Waals surface area contributed by atoms with Crippen molar-refractivity contribution in [3.05, 3.63) is 79.9 Å². The summed E-state index contributed by atoms with van der Waals surface area (Å²) in [5.74, 6) is -0.898. The van der Waals surface area contributed by atoms with Crippen LogP contribution in [0.3, 0.4) is 0 Å². The third-order valence-corrected chi connectivity index (χ3v) is 5.11. The highest BCUT2D eigenvalue weighted by atomic mass is 16.6. The highest BCUT2D eigenvalue weighted by Gasteiger charge is 2.28. The maximum absolute atomic E-state index is 12.4. The van der Waals surface area contributed by atoms with Crippen LogP contribution in [0.2, 0.25) is 0 Å². The average Bonchev–Trinajstić information content (AvgIpc) is 2.85. The molecule has 0 aliphatic carbocycles. The van der Waals surface area contributed by atoms with E-state index in [2.05, 4.69) is 21.1 Å². The van der Waals surface area contributed by atoms with E-state index in [-0.39, 0.29) is 30.6 Å². The number of nitrogens with one attached hydrogen (secondary N) is 3. The number of rotatable bonds is 8. The minimum absolute atomic E-state index is 0.126. The van der Waals surface area contributed by atoms with Gasteiger partial charge in [0.15, 0.2) is 0 Å². The molecule has 0 atom stereocenters. The fourth-order valence-electron chi connectivity index (χ4n) is 3.04. The lowest BCUT2D eigenvalue weighted by Gasteiger charge is -2.34. The van der Waals surface area contributed by atoms with Crippen LogP contribution in [0.4, 0.5) is 21.0 Å². The number of amides is 3. The quantitative estimate of drug-likeness (QED) is 0.195. The molecule has 16 nitrogen and oxygen atoms in total. The van der Waals surface area contributed by atoms with Crippen LogP contribution in [0.15, 0.2) is 53.6 Å². The number of hydrogen-bond acceptors (Lipinski definition) is 11. The van der Waals surface area contributed by atoms with Crippen molar-refractivity contribution in [2.45, 2.75) is 26.2 Å². The van der Waals surface area contributed by atoms with Crippen molar-refractivity contribution in [3.63, 3.8) is 0 Å². The first kappa shape index (κ1) is 27.5. The smallest absolute Gasteiger partial charge is 0.414 e. The molecule has 3 amide bonds. The van der Waals surface area contributed by atoms with Gasteiger partial charge >= 0.3 is 12.2 Å². The summed E-state index contributed by atoms with van der Waals surface area (Å²) < 4.78 is 10.2. The molecule has 0 radical (unpaired) electrons. The number of nitrogens with zero attached hydrogens (tertiary/aromatic N) is 4. The van der Waals surface area contributed by atoms with Crippen LogP contribution in [-0.2, 0) is 27.5 Å². The number of guanidine groups is 1. The first-order valence-corrected chi connectivity index (χ1v) is 11.1. The van der Waals surface area contributed by atoms with Crippen LogP contribution in [0.5, 0.6) is 0 Å². The summed E-state index contributed by atoms with van der Waals surface area (Å²) in [5, 5.41) is 34.1. The Hall–Kier alpha value is -5.12. The van der Waals surface area contributed by atoms with Crippen molar-refractivity contribution in [3.8, 4) is 0 Å². The van der Waals surface area contributed by atoms with E-state index >= 15 is 0 Å². The van der Waals surface area contributed by atoms with Crippen molar-refractivity contribution in [2.75, 3.05) is 13.1 Å². The zero-order valence-electron chi connectivity index (χ0n) is 20.0. The van der Waals surface area contributed by atoms with Crippen LogP contribution < -0.4 is 16.0 Å². The SMILES string of the molecule is CC(=O)N(N=C(NC(=O)OCc1ccc([N+](=O)[O-])cc1)NC(=O)OCc1ccc([N+](=O)[O-])cc1)C1CNC1. The van der Waals surface area contributed by atoms with Gasteiger partial charge in [-0.15, -0.1) is 5.10 Å². The standard InChI is InChI=1S/C22H23N7O9/c1-14(30)27(19-10-23-11-19)26-20(24-21(31)37-12-15-2-6-17(7-3-15)28(33)34)25-22(32)38-13-16-4-8-18(9-5-16)29(35)36/h2-9,19,23H,10-13H2,1H3,(H2,24,25,26,31,32). The van der Waals surface area contributed by atoms with Crippen LogP contribution in [-0.4, -0.2) is 58.0 Å². The maximum atomic E-state index is 12.4. The molecule has 0 bridgehead atoms. The van der Waals surface area contributed by atoms with E-state index in [0.717, 1.165) is 5.01 Å². The molecule has 1 fully saturated rings. The summed E-state index contributed by atoms with van der Waals surface area (Å²) in [6.45, 7) is 1.67. The number of benzene rings is 2. The maximum Gasteiger partial charge on any atom is 0.414 e. The van der Waals surface area contributed by atoms with Crippen molar-refractivity contribution in [1.82, 2.24) is 21.0 Å². The van der Waals surface area contributed by atoms with Crippen LogP contribution in [0, 0.1) is 20.2 Å².